The summed E-state index contributed by atoms with van der Waals surface area (Å²) in [5.74, 6) is -0.140. The average molecular weight is 218 g/mol. The van der Waals surface area contributed by atoms with Gasteiger partial charge < -0.3 is 11.1 Å². The van der Waals surface area contributed by atoms with E-state index in [2.05, 4.69) is 10.4 Å². The fourth-order valence-corrected chi connectivity index (χ4v) is 1.46. The first kappa shape index (κ1) is 10.6. The Balaban J connectivity index is 2.23. The number of hydrogen-bond acceptors (Lipinski definition) is 3. The Labute approximate surface area is 93.2 Å². The van der Waals surface area contributed by atoms with Gasteiger partial charge in [-0.05, 0) is 19.1 Å². The van der Waals surface area contributed by atoms with Crippen LogP contribution in [-0.2, 0) is 0 Å². The number of carbonyl (C=O) groups excluding carboxylic acids is 1. The third-order valence-electron chi connectivity index (χ3n) is 2.26. The molecule has 16 heavy (non-hydrogen) atoms. The number of rotatable bonds is 3. The summed E-state index contributed by atoms with van der Waals surface area (Å²) >= 11 is 0. The predicted octanol–water partition coefficient (Wildman–Crippen LogP) is 0.411. The van der Waals surface area contributed by atoms with Crippen LogP contribution in [0.25, 0.3) is 5.52 Å². The molecule has 1 atom stereocenters. The fraction of sp³-hybridized carbons (Fsp3) is 0.273. The van der Waals surface area contributed by atoms with E-state index >= 15 is 0 Å². The van der Waals surface area contributed by atoms with Crippen LogP contribution in [0.2, 0.25) is 0 Å². The van der Waals surface area contributed by atoms with Gasteiger partial charge in [-0.15, -0.1) is 0 Å². The van der Waals surface area contributed by atoms with Crippen LogP contribution in [0, 0.1) is 0 Å². The standard InChI is InChI=1S/C11H14N4O/c1-8(12)6-13-11(16)9-7-14-15-5-3-2-4-10(9)15/h2-5,7-8H,6,12H2,1H3,(H,13,16). The van der Waals surface area contributed by atoms with E-state index in [0.29, 0.717) is 12.1 Å². The molecular formula is C11H14N4O. The number of amides is 1. The first-order valence-electron chi connectivity index (χ1n) is 5.14. The highest BCUT2D eigenvalue weighted by atomic mass is 16.1. The summed E-state index contributed by atoms with van der Waals surface area (Å²) in [5, 5.41) is 6.85. The molecule has 84 valence electrons. The zero-order valence-electron chi connectivity index (χ0n) is 9.05. The van der Waals surface area contributed by atoms with Crippen LogP contribution < -0.4 is 11.1 Å². The van der Waals surface area contributed by atoms with Crippen molar-refractivity contribution >= 4 is 11.4 Å². The molecule has 1 unspecified atom stereocenters. The van der Waals surface area contributed by atoms with Crippen LogP contribution >= 0.6 is 0 Å². The Hall–Kier alpha value is -1.88. The molecule has 5 nitrogen and oxygen atoms in total. The lowest BCUT2D eigenvalue weighted by atomic mass is 10.2. The zero-order chi connectivity index (χ0) is 11.5. The van der Waals surface area contributed by atoms with Gasteiger partial charge >= 0.3 is 0 Å². The largest absolute Gasteiger partial charge is 0.350 e. The summed E-state index contributed by atoms with van der Waals surface area (Å²) in [7, 11) is 0. The van der Waals surface area contributed by atoms with Gasteiger partial charge in [0.25, 0.3) is 5.91 Å². The second-order valence-electron chi connectivity index (χ2n) is 3.78. The topological polar surface area (TPSA) is 72.4 Å². The molecule has 2 aromatic heterocycles. The number of pyridine rings is 1. The summed E-state index contributed by atoms with van der Waals surface area (Å²) in [6.45, 7) is 2.30. The van der Waals surface area contributed by atoms with Gasteiger partial charge in [0.05, 0.1) is 17.3 Å². The monoisotopic (exact) mass is 218 g/mol. The molecule has 0 aromatic carbocycles. The molecule has 0 spiro atoms. The smallest absolute Gasteiger partial charge is 0.255 e. The first-order valence-corrected chi connectivity index (χ1v) is 5.14. The Kier molecular flexibility index (Phi) is 2.87. The number of nitrogens with one attached hydrogen (secondary N) is 1. The van der Waals surface area contributed by atoms with Crippen molar-refractivity contribution in [3.63, 3.8) is 0 Å². The molecule has 0 bridgehead atoms. The normalized spacial score (nSPS) is 12.6. The average Bonchev–Trinajstić information content (AvgIpc) is 2.69. The molecule has 2 aromatic rings. The van der Waals surface area contributed by atoms with E-state index in [1.807, 2.05) is 25.1 Å². The van der Waals surface area contributed by atoms with E-state index in [0.717, 1.165) is 5.52 Å². The number of aromatic nitrogens is 2. The lowest BCUT2D eigenvalue weighted by molar-refractivity contribution is 0.0953. The molecule has 0 saturated carbocycles. The molecule has 1 amide bonds. The van der Waals surface area contributed by atoms with Crippen LogP contribution in [-0.4, -0.2) is 28.1 Å². The van der Waals surface area contributed by atoms with Gasteiger partial charge in [-0.25, -0.2) is 4.52 Å². The second-order valence-corrected chi connectivity index (χ2v) is 3.78. The molecular weight excluding hydrogens is 204 g/mol. The first-order chi connectivity index (χ1) is 7.68. The van der Waals surface area contributed by atoms with Crippen molar-refractivity contribution in [3.8, 4) is 0 Å². The van der Waals surface area contributed by atoms with Crippen molar-refractivity contribution in [2.75, 3.05) is 6.54 Å². The summed E-state index contributed by atoms with van der Waals surface area (Å²) < 4.78 is 1.67. The van der Waals surface area contributed by atoms with Crippen LogP contribution in [0.5, 0.6) is 0 Å². The molecule has 2 rings (SSSR count). The van der Waals surface area contributed by atoms with Crippen molar-refractivity contribution in [2.24, 2.45) is 5.73 Å². The van der Waals surface area contributed by atoms with E-state index in [-0.39, 0.29) is 11.9 Å². The van der Waals surface area contributed by atoms with E-state index in [1.165, 1.54) is 0 Å². The molecule has 0 aliphatic carbocycles. The third-order valence-corrected chi connectivity index (χ3v) is 2.26. The van der Waals surface area contributed by atoms with Gasteiger partial charge in [0.1, 0.15) is 0 Å². The van der Waals surface area contributed by atoms with Crippen LogP contribution in [0.4, 0.5) is 0 Å². The Morgan fingerprint density at radius 2 is 2.44 bits per heavy atom. The Morgan fingerprint density at radius 1 is 1.62 bits per heavy atom. The molecule has 0 aliphatic rings. The van der Waals surface area contributed by atoms with Gasteiger partial charge in [-0.3, -0.25) is 4.79 Å². The lowest BCUT2D eigenvalue weighted by Crippen LogP contribution is -2.35. The number of nitrogens with zero attached hydrogens (tertiary/aromatic N) is 2. The molecule has 0 fully saturated rings. The number of hydrogen-bond donors (Lipinski definition) is 2. The summed E-state index contributed by atoms with van der Waals surface area (Å²) in [6.07, 6.45) is 3.36. The van der Waals surface area contributed by atoms with Crippen LogP contribution in [0.1, 0.15) is 17.3 Å². The highest BCUT2D eigenvalue weighted by molar-refractivity contribution is 6.00. The van der Waals surface area contributed by atoms with Gasteiger partial charge in [0.15, 0.2) is 0 Å². The number of fused-ring (bicyclic) bond motifs is 1. The van der Waals surface area contributed by atoms with Gasteiger partial charge in [0, 0.05) is 18.8 Å². The number of carbonyl (C=O) groups is 1. The SMILES string of the molecule is CC(N)CNC(=O)c1cnn2ccccc12. The van der Waals surface area contributed by atoms with Gasteiger partial charge in [0.2, 0.25) is 0 Å². The highest BCUT2D eigenvalue weighted by Gasteiger charge is 2.11. The minimum atomic E-state index is -0.140. The Bertz CT molecular complexity index is 503. The van der Waals surface area contributed by atoms with E-state index in [9.17, 15) is 4.79 Å². The summed E-state index contributed by atoms with van der Waals surface area (Å²) in [4.78, 5) is 11.8. The molecule has 0 radical (unpaired) electrons. The van der Waals surface area contributed by atoms with E-state index in [1.54, 1.807) is 16.9 Å². The summed E-state index contributed by atoms with van der Waals surface area (Å²) in [5.41, 5.74) is 6.94. The maximum atomic E-state index is 11.8. The van der Waals surface area contributed by atoms with Crippen molar-refractivity contribution in [2.45, 2.75) is 13.0 Å². The Morgan fingerprint density at radius 3 is 3.19 bits per heavy atom. The zero-order valence-corrected chi connectivity index (χ0v) is 9.05. The van der Waals surface area contributed by atoms with Crippen LogP contribution in [0.15, 0.2) is 30.6 Å². The maximum Gasteiger partial charge on any atom is 0.255 e. The quantitative estimate of drug-likeness (QED) is 0.783. The predicted molar refractivity (Wildman–Crippen MR) is 61.2 cm³/mol. The van der Waals surface area contributed by atoms with Gasteiger partial charge in [-0.2, -0.15) is 5.10 Å². The molecule has 5 heteroatoms. The minimum absolute atomic E-state index is 0.0502. The fourth-order valence-electron chi connectivity index (χ4n) is 1.46. The second kappa shape index (κ2) is 4.32. The highest BCUT2D eigenvalue weighted by Crippen LogP contribution is 2.09. The maximum absolute atomic E-state index is 11.8. The lowest BCUT2D eigenvalue weighted by Gasteiger charge is -2.06. The van der Waals surface area contributed by atoms with Crippen LogP contribution in [0.3, 0.4) is 0 Å². The van der Waals surface area contributed by atoms with E-state index in [4.69, 9.17) is 5.73 Å². The molecule has 2 heterocycles. The van der Waals surface area contributed by atoms with Crippen molar-refractivity contribution in [3.05, 3.63) is 36.2 Å². The number of nitrogens with two attached hydrogens (primary N) is 1. The van der Waals surface area contributed by atoms with Crippen molar-refractivity contribution in [1.29, 1.82) is 0 Å². The molecule has 0 aliphatic heterocycles. The van der Waals surface area contributed by atoms with Gasteiger partial charge in [-0.1, -0.05) is 6.07 Å². The molecule has 0 saturated heterocycles. The van der Waals surface area contributed by atoms with Crippen molar-refractivity contribution < 1.29 is 4.79 Å². The molecule has 3 N–H and O–H groups in total. The van der Waals surface area contributed by atoms with E-state index < -0.39 is 0 Å². The summed E-state index contributed by atoms with van der Waals surface area (Å²) in [6, 6.07) is 5.54. The minimum Gasteiger partial charge on any atom is -0.350 e. The van der Waals surface area contributed by atoms with Crippen molar-refractivity contribution in [1.82, 2.24) is 14.9 Å². The third kappa shape index (κ3) is 2.04.